The third kappa shape index (κ3) is 8.30. The zero-order valence-electron chi connectivity index (χ0n) is 17.9. The predicted octanol–water partition coefficient (Wildman–Crippen LogP) is 2.21. The highest BCUT2D eigenvalue weighted by Gasteiger charge is 2.30. The van der Waals surface area contributed by atoms with E-state index in [0.29, 0.717) is 30.8 Å². The van der Waals surface area contributed by atoms with Crippen LogP contribution in [0.5, 0.6) is 0 Å². The Labute approximate surface area is 188 Å². The lowest BCUT2D eigenvalue weighted by Gasteiger charge is -2.20. The van der Waals surface area contributed by atoms with Crippen LogP contribution in [0.1, 0.15) is 25.0 Å². The SMILES string of the molecule is CC(=S)[C@@H](C)C(=O)NC(C(=O)NCCc1ccccc1)C(=O)NCCc1ccccc1. The Bertz CT molecular complexity index is 830. The van der Waals surface area contributed by atoms with Crippen molar-refractivity contribution in [3.8, 4) is 0 Å². The Morgan fingerprint density at radius 1 is 0.774 bits per heavy atom. The van der Waals surface area contributed by atoms with Gasteiger partial charge in [-0.15, -0.1) is 0 Å². The van der Waals surface area contributed by atoms with Crippen molar-refractivity contribution in [2.45, 2.75) is 32.7 Å². The van der Waals surface area contributed by atoms with E-state index in [-0.39, 0.29) is 0 Å². The standard InChI is InChI=1S/C24H29N3O3S/c1-17(18(2)31)22(28)27-21(23(29)25-15-13-19-9-5-3-6-10-19)24(30)26-16-14-20-11-7-4-8-12-20/h3-12,17,21H,13-16H2,1-2H3,(H,25,29)(H,26,30)(H,27,28)/t17-/m1/s1. The van der Waals surface area contributed by atoms with Gasteiger partial charge in [-0.05, 0) is 37.8 Å². The van der Waals surface area contributed by atoms with Crippen molar-refractivity contribution >= 4 is 34.8 Å². The number of benzene rings is 2. The molecule has 1 atom stereocenters. The molecule has 3 amide bonds. The molecule has 2 aromatic carbocycles. The zero-order valence-corrected chi connectivity index (χ0v) is 18.7. The molecular weight excluding hydrogens is 410 g/mol. The minimum atomic E-state index is -1.32. The predicted molar refractivity (Wildman–Crippen MR) is 126 cm³/mol. The second kappa shape index (κ2) is 12.6. The summed E-state index contributed by atoms with van der Waals surface area (Å²) in [6.45, 7) is 4.02. The topological polar surface area (TPSA) is 87.3 Å². The molecule has 0 radical (unpaired) electrons. The molecule has 164 valence electrons. The zero-order chi connectivity index (χ0) is 22.6. The average molecular weight is 440 g/mol. The molecule has 31 heavy (non-hydrogen) atoms. The number of carbonyl (C=O) groups is 3. The second-order valence-electron chi connectivity index (χ2n) is 7.33. The van der Waals surface area contributed by atoms with E-state index in [2.05, 4.69) is 16.0 Å². The van der Waals surface area contributed by atoms with Gasteiger partial charge < -0.3 is 16.0 Å². The molecule has 0 bridgehead atoms. The Hall–Kier alpha value is -3.06. The fraction of sp³-hybridized carbons (Fsp3) is 0.333. The third-order valence-electron chi connectivity index (χ3n) is 4.93. The van der Waals surface area contributed by atoms with Crippen molar-refractivity contribution in [1.29, 1.82) is 0 Å². The minimum absolute atomic E-state index is 0.355. The van der Waals surface area contributed by atoms with Crippen molar-refractivity contribution in [2.24, 2.45) is 5.92 Å². The smallest absolute Gasteiger partial charge is 0.252 e. The molecule has 0 aliphatic rings. The van der Waals surface area contributed by atoms with Crippen LogP contribution in [0, 0.1) is 5.92 Å². The molecular formula is C24H29N3O3S. The van der Waals surface area contributed by atoms with Crippen LogP contribution in [-0.4, -0.2) is 41.7 Å². The van der Waals surface area contributed by atoms with E-state index in [1.165, 1.54) is 0 Å². The van der Waals surface area contributed by atoms with E-state index < -0.39 is 29.7 Å². The Kier molecular flexibility index (Phi) is 9.84. The van der Waals surface area contributed by atoms with Crippen molar-refractivity contribution in [3.05, 3.63) is 71.8 Å². The highest BCUT2D eigenvalue weighted by atomic mass is 32.1. The van der Waals surface area contributed by atoms with Crippen molar-refractivity contribution in [3.63, 3.8) is 0 Å². The maximum atomic E-state index is 12.7. The largest absolute Gasteiger partial charge is 0.354 e. The van der Waals surface area contributed by atoms with Crippen LogP contribution >= 0.6 is 12.2 Å². The lowest BCUT2D eigenvalue weighted by Crippen LogP contribution is -2.56. The quantitative estimate of drug-likeness (QED) is 0.370. The van der Waals surface area contributed by atoms with Gasteiger partial charge in [0.1, 0.15) is 0 Å². The van der Waals surface area contributed by atoms with Crippen LogP contribution in [-0.2, 0) is 27.2 Å². The first-order valence-corrected chi connectivity index (χ1v) is 10.7. The molecule has 2 rings (SSSR count). The first kappa shape index (κ1) is 24.2. The lowest BCUT2D eigenvalue weighted by atomic mass is 10.1. The molecule has 3 N–H and O–H groups in total. The van der Waals surface area contributed by atoms with Gasteiger partial charge in [-0.2, -0.15) is 0 Å². The number of thiocarbonyl (C=S) groups is 1. The number of rotatable bonds is 11. The molecule has 0 aliphatic heterocycles. The number of nitrogens with one attached hydrogen (secondary N) is 3. The summed E-state index contributed by atoms with van der Waals surface area (Å²) in [6.07, 6.45) is 1.25. The van der Waals surface area contributed by atoms with Gasteiger partial charge in [0.2, 0.25) is 5.91 Å². The fourth-order valence-electron chi connectivity index (χ4n) is 2.86. The molecule has 0 spiro atoms. The van der Waals surface area contributed by atoms with Crippen LogP contribution in [0.3, 0.4) is 0 Å². The number of hydrogen-bond acceptors (Lipinski definition) is 4. The van der Waals surface area contributed by atoms with Crippen LogP contribution in [0.15, 0.2) is 60.7 Å². The van der Waals surface area contributed by atoms with E-state index in [1.807, 2.05) is 60.7 Å². The number of amides is 3. The molecule has 7 heteroatoms. The summed E-state index contributed by atoms with van der Waals surface area (Å²) >= 11 is 5.06. The van der Waals surface area contributed by atoms with Gasteiger partial charge in [0.15, 0.2) is 6.04 Å². The summed E-state index contributed by atoms with van der Waals surface area (Å²) < 4.78 is 0. The van der Waals surface area contributed by atoms with E-state index in [1.54, 1.807) is 13.8 Å². The maximum Gasteiger partial charge on any atom is 0.252 e. The first-order valence-electron chi connectivity index (χ1n) is 10.3. The van der Waals surface area contributed by atoms with Crippen LogP contribution in [0.2, 0.25) is 0 Å². The molecule has 0 unspecified atom stereocenters. The molecule has 0 fully saturated rings. The summed E-state index contributed by atoms with van der Waals surface area (Å²) in [6, 6.07) is 18.1. The van der Waals surface area contributed by atoms with Crippen LogP contribution in [0.4, 0.5) is 0 Å². The minimum Gasteiger partial charge on any atom is -0.354 e. The highest BCUT2D eigenvalue weighted by molar-refractivity contribution is 7.80. The maximum absolute atomic E-state index is 12.7. The van der Waals surface area contributed by atoms with Crippen LogP contribution < -0.4 is 16.0 Å². The molecule has 6 nitrogen and oxygen atoms in total. The monoisotopic (exact) mass is 439 g/mol. The number of carbonyl (C=O) groups excluding carboxylic acids is 3. The lowest BCUT2D eigenvalue weighted by molar-refractivity contribution is -0.137. The highest BCUT2D eigenvalue weighted by Crippen LogP contribution is 2.02. The van der Waals surface area contributed by atoms with Gasteiger partial charge in [-0.25, -0.2) is 0 Å². The third-order valence-corrected chi connectivity index (χ3v) is 5.28. The summed E-state index contributed by atoms with van der Waals surface area (Å²) in [7, 11) is 0. The van der Waals surface area contributed by atoms with E-state index in [4.69, 9.17) is 12.2 Å². The second-order valence-corrected chi connectivity index (χ2v) is 7.97. The Morgan fingerprint density at radius 3 is 1.58 bits per heavy atom. The van der Waals surface area contributed by atoms with Gasteiger partial charge in [0.05, 0.1) is 5.92 Å². The molecule has 0 aliphatic carbocycles. The fourth-order valence-corrected chi connectivity index (χ4v) is 2.96. The number of hydrogen-bond donors (Lipinski definition) is 3. The van der Waals surface area contributed by atoms with E-state index in [0.717, 1.165) is 11.1 Å². The molecule has 0 saturated carbocycles. The van der Waals surface area contributed by atoms with Gasteiger partial charge in [-0.3, -0.25) is 14.4 Å². The van der Waals surface area contributed by atoms with Crippen molar-refractivity contribution < 1.29 is 14.4 Å². The average Bonchev–Trinajstić information content (AvgIpc) is 2.77. The van der Waals surface area contributed by atoms with Crippen molar-refractivity contribution in [1.82, 2.24) is 16.0 Å². The van der Waals surface area contributed by atoms with Gasteiger partial charge in [-0.1, -0.05) is 72.9 Å². The van der Waals surface area contributed by atoms with Crippen LogP contribution in [0.25, 0.3) is 0 Å². The Morgan fingerprint density at radius 2 is 1.19 bits per heavy atom. The summed E-state index contributed by atoms with van der Waals surface area (Å²) in [5.74, 6) is -2.12. The van der Waals surface area contributed by atoms with Gasteiger partial charge >= 0.3 is 0 Å². The van der Waals surface area contributed by atoms with E-state index in [9.17, 15) is 14.4 Å². The molecule has 0 heterocycles. The summed E-state index contributed by atoms with van der Waals surface area (Å²) in [5.41, 5.74) is 2.14. The molecule has 2 aromatic rings. The first-order chi connectivity index (χ1) is 14.9. The Balaban J connectivity index is 1.96. The summed E-state index contributed by atoms with van der Waals surface area (Å²) in [4.78, 5) is 38.4. The molecule has 0 saturated heterocycles. The summed E-state index contributed by atoms with van der Waals surface area (Å²) in [5, 5.41) is 8.04. The van der Waals surface area contributed by atoms with Gasteiger partial charge in [0, 0.05) is 18.0 Å². The van der Waals surface area contributed by atoms with E-state index >= 15 is 0 Å². The van der Waals surface area contributed by atoms with Gasteiger partial charge in [0.25, 0.3) is 11.8 Å². The van der Waals surface area contributed by atoms with Crippen molar-refractivity contribution in [2.75, 3.05) is 13.1 Å². The molecule has 0 aromatic heterocycles. The normalized spacial score (nSPS) is 11.5.